The van der Waals surface area contributed by atoms with Gasteiger partial charge < -0.3 is 19.9 Å². The number of amidine groups is 1. The molecule has 9 heteroatoms. The Labute approximate surface area is 205 Å². The molecule has 1 heterocycles. The molecule has 4 rings (SSSR count). The Morgan fingerprint density at radius 1 is 1.12 bits per heavy atom. The highest BCUT2D eigenvalue weighted by molar-refractivity contribution is 8.18. The van der Waals surface area contributed by atoms with Crippen LogP contribution in [-0.2, 0) is 11.4 Å². The van der Waals surface area contributed by atoms with Crippen molar-refractivity contribution in [2.45, 2.75) is 6.61 Å². The number of carbonyl (C=O) groups is 2. The first kappa shape index (κ1) is 23.4. The number of rotatable bonds is 7. The van der Waals surface area contributed by atoms with Gasteiger partial charge in [0, 0.05) is 5.02 Å². The average molecular weight is 495 g/mol. The number of nitrogens with zero attached hydrogens (tertiary/aromatic N) is 1. The molecule has 0 atom stereocenters. The molecule has 34 heavy (non-hydrogen) atoms. The zero-order chi connectivity index (χ0) is 24.1. The van der Waals surface area contributed by atoms with Crippen molar-refractivity contribution in [3.05, 3.63) is 93.3 Å². The summed E-state index contributed by atoms with van der Waals surface area (Å²) in [6.45, 7) is 0.180. The second-order valence-electron chi connectivity index (χ2n) is 7.17. The molecule has 172 valence electrons. The Morgan fingerprint density at radius 2 is 1.94 bits per heavy atom. The number of methoxy groups -OCH3 is 1. The van der Waals surface area contributed by atoms with E-state index in [0.29, 0.717) is 32.3 Å². The van der Waals surface area contributed by atoms with Crippen molar-refractivity contribution in [1.29, 1.82) is 0 Å². The van der Waals surface area contributed by atoms with Crippen molar-refractivity contribution < 1.29 is 24.2 Å². The van der Waals surface area contributed by atoms with E-state index in [0.717, 1.165) is 11.1 Å². The van der Waals surface area contributed by atoms with Crippen LogP contribution >= 0.6 is 23.4 Å². The number of halogens is 1. The van der Waals surface area contributed by atoms with Crippen LogP contribution in [0.1, 0.15) is 21.5 Å². The maximum absolute atomic E-state index is 12.4. The van der Waals surface area contributed by atoms with Crippen molar-refractivity contribution >= 4 is 52.2 Å². The van der Waals surface area contributed by atoms with E-state index in [2.05, 4.69) is 10.3 Å². The zero-order valence-electron chi connectivity index (χ0n) is 17.9. The minimum atomic E-state index is -0.994. The molecule has 0 aliphatic carbocycles. The van der Waals surface area contributed by atoms with Gasteiger partial charge in [-0.1, -0.05) is 35.9 Å². The van der Waals surface area contributed by atoms with Crippen molar-refractivity contribution in [3.8, 4) is 11.5 Å². The van der Waals surface area contributed by atoms with Crippen molar-refractivity contribution in [3.63, 3.8) is 0 Å². The summed E-state index contributed by atoms with van der Waals surface area (Å²) in [6, 6.07) is 18.9. The van der Waals surface area contributed by atoms with Crippen molar-refractivity contribution in [1.82, 2.24) is 5.32 Å². The molecule has 1 aliphatic heterocycles. The first-order valence-corrected chi connectivity index (χ1v) is 11.3. The lowest BCUT2D eigenvalue weighted by atomic mass is 10.1. The third-order valence-corrected chi connectivity index (χ3v) is 5.89. The van der Waals surface area contributed by atoms with E-state index in [1.54, 1.807) is 66.7 Å². The quantitative estimate of drug-likeness (QED) is 0.420. The van der Waals surface area contributed by atoms with Crippen LogP contribution in [0.2, 0.25) is 5.02 Å². The molecule has 0 spiro atoms. The Morgan fingerprint density at radius 3 is 2.71 bits per heavy atom. The summed E-state index contributed by atoms with van der Waals surface area (Å²) in [7, 11) is 1.52. The normalized spacial score (nSPS) is 15.4. The van der Waals surface area contributed by atoms with E-state index in [-0.39, 0.29) is 18.1 Å². The van der Waals surface area contributed by atoms with Crippen molar-refractivity contribution in [2.75, 3.05) is 7.11 Å². The standard InChI is InChI=1S/C25H19ClN2O5S/c1-32-21-11-15(8-9-20(21)33-14-16-4-2-5-17(10-16)24(30)31)12-22-23(29)28-25(34-22)27-19-7-3-6-18(26)13-19/h2-13H,14H2,1H3,(H,30,31)(H,27,28,29)/b22-12-. The van der Waals surface area contributed by atoms with Crippen LogP contribution in [0.25, 0.3) is 6.08 Å². The first-order valence-electron chi connectivity index (χ1n) is 10.1. The lowest BCUT2D eigenvalue weighted by Gasteiger charge is -2.12. The van der Waals surface area contributed by atoms with Gasteiger partial charge in [-0.15, -0.1) is 0 Å². The van der Waals surface area contributed by atoms with Gasteiger partial charge in [-0.3, -0.25) is 4.79 Å². The molecule has 3 aromatic carbocycles. The summed E-state index contributed by atoms with van der Waals surface area (Å²) >= 11 is 7.22. The van der Waals surface area contributed by atoms with Gasteiger partial charge in [0.15, 0.2) is 16.7 Å². The summed E-state index contributed by atoms with van der Waals surface area (Å²) in [5, 5.41) is 12.9. The van der Waals surface area contributed by atoms with Crippen LogP contribution in [0.4, 0.5) is 5.69 Å². The third-order valence-electron chi connectivity index (χ3n) is 4.74. The minimum Gasteiger partial charge on any atom is -0.493 e. The van der Waals surface area contributed by atoms with Gasteiger partial charge in [-0.2, -0.15) is 0 Å². The fourth-order valence-corrected chi connectivity index (χ4v) is 4.17. The maximum atomic E-state index is 12.4. The summed E-state index contributed by atoms with van der Waals surface area (Å²) in [6.07, 6.45) is 1.74. The highest BCUT2D eigenvalue weighted by atomic mass is 35.5. The number of hydrogen-bond acceptors (Lipinski definition) is 6. The predicted molar refractivity (Wildman–Crippen MR) is 133 cm³/mol. The Hall–Kier alpha value is -3.75. The topological polar surface area (TPSA) is 97.2 Å². The number of carbonyl (C=O) groups excluding carboxylic acids is 1. The second-order valence-corrected chi connectivity index (χ2v) is 8.63. The maximum Gasteiger partial charge on any atom is 0.335 e. The molecule has 0 bridgehead atoms. The summed E-state index contributed by atoms with van der Waals surface area (Å²) in [5.74, 6) is -0.258. The first-order chi connectivity index (χ1) is 16.4. The van der Waals surface area contributed by atoms with Crippen LogP contribution in [0.15, 0.2) is 76.6 Å². The van der Waals surface area contributed by atoms with E-state index in [1.807, 2.05) is 0 Å². The number of carboxylic acids is 1. The summed E-state index contributed by atoms with van der Waals surface area (Å²) < 4.78 is 11.3. The zero-order valence-corrected chi connectivity index (χ0v) is 19.5. The number of thioether (sulfide) groups is 1. The summed E-state index contributed by atoms with van der Waals surface area (Å²) in [4.78, 5) is 28.5. The smallest absolute Gasteiger partial charge is 0.335 e. The molecule has 0 aromatic heterocycles. The third kappa shape index (κ3) is 5.78. The van der Waals surface area contributed by atoms with Gasteiger partial charge in [0.2, 0.25) is 0 Å². The molecule has 1 fully saturated rings. The molecule has 1 saturated heterocycles. The second kappa shape index (κ2) is 10.5. The fourth-order valence-electron chi connectivity index (χ4n) is 3.14. The SMILES string of the molecule is COc1cc(/C=C2\SC(=Nc3cccc(Cl)c3)NC2=O)ccc1OCc1cccc(C(=O)O)c1. The molecule has 0 radical (unpaired) electrons. The van der Waals surface area contributed by atoms with Gasteiger partial charge in [-0.05, 0) is 71.4 Å². The Kier molecular flexibility index (Phi) is 7.20. The monoisotopic (exact) mass is 494 g/mol. The largest absolute Gasteiger partial charge is 0.493 e. The van der Waals surface area contributed by atoms with E-state index in [9.17, 15) is 9.59 Å². The number of aromatic carboxylic acids is 1. The number of hydrogen-bond donors (Lipinski definition) is 2. The van der Waals surface area contributed by atoms with E-state index in [4.69, 9.17) is 26.2 Å². The number of aliphatic imine (C=N–C) groups is 1. The van der Waals surface area contributed by atoms with E-state index in [1.165, 1.54) is 24.9 Å². The highest BCUT2D eigenvalue weighted by Gasteiger charge is 2.24. The fraction of sp³-hybridized carbons (Fsp3) is 0.0800. The molecule has 3 aromatic rings. The molecular formula is C25H19ClN2O5S. The number of amides is 1. The number of benzene rings is 3. The number of nitrogens with one attached hydrogen (secondary N) is 1. The van der Waals surface area contributed by atoms with Crippen LogP contribution in [0, 0.1) is 0 Å². The lowest BCUT2D eigenvalue weighted by Crippen LogP contribution is -2.19. The van der Waals surface area contributed by atoms with Gasteiger partial charge in [0.25, 0.3) is 5.91 Å². The lowest BCUT2D eigenvalue weighted by molar-refractivity contribution is -0.115. The highest BCUT2D eigenvalue weighted by Crippen LogP contribution is 2.33. The van der Waals surface area contributed by atoms with Gasteiger partial charge in [0.1, 0.15) is 6.61 Å². The van der Waals surface area contributed by atoms with Crippen LogP contribution in [-0.4, -0.2) is 29.3 Å². The van der Waals surface area contributed by atoms with Gasteiger partial charge >= 0.3 is 5.97 Å². The minimum absolute atomic E-state index is 0.180. The average Bonchev–Trinajstić information content (AvgIpc) is 3.16. The van der Waals surface area contributed by atoms with Gasteiger partial charge in [0.05, 0.1) is 23.3 Å². The van der Waals surface area contributed by atoms with Crippen LogP contribution in [0.3, 0.4) is 0 Å². The van der Waals surface area contributed by atoms with Gasteiger partial charge in [-0.25, -0.2) is 9.79 Å². The molecule has 7 nitrogen and oxygen atoms in total. The number of ether oxygens (including phenoxy) is 2. The Balaban J connectivity index is 1.48. The molecular weight excluding hydrogens is 476 g/mol. The van der Waals surface area contributed by atoms with E-state index >= 15 is 0 Å². The molecule has 1 aliphatic rings. The Bertz CT molecular complexity index is 1320. The predicted octanol–water partition coefficient (Wildman–Crippen LogP) is 5.52. The molecule has 0 saturated carbocycles. The summed E-state index contributed by atoms with van der Waals surface area (Å²) in [5.41, 5.74) is 2.31. The molecule has 1 amide bonds. The molecule has 0 unspecified atom stereocenters. The van der Waals surface area contributed by atoms with Crippen molar-refractivity contribution in [2.24, 2.45) is 4.99 Å². The van der Waals surface area contributed by atoms with Crippen LogP contribution in [0.5, 0.6) is 11.5 Å². The van der Waals surface area contributed by atoms with Crippen LogP contribution < -0.4 is 14.8 Å². The molecule has 2 N–H and O–H groups in total. The van der Waals surface area contributed by atoms with E-state index < -0.39 is 5.97 Å². The number of carboxylic acid groups (broad SMARTS) is 1.